The molecule has 10 rings (SSSR count). The summed E-state index contributed by atoms with van der Waals surface area (Å²) >= 11 is 0. The van der Waals surface area contributed by atoms with Gasteiger partial charge in [-0.15, -0.1) is 0 Å². The second kappa shape index (κ2) is 17.7. The van der Waals surface area contributed by atoms with Crippen molar-refractivity contribution in [1.29, 1.82) is 0 Å². The third kappa shape index (κ3) is 8.04. The number of nitrogens with one attached hydrogen (secondary N) is 3. The van der Waals surface area contributed by atoms with Gasteiger partial charge < -0.3 is 30.0 Å². The van der Waals surface area contributed by atoms with Crippen LogP contribution in [0, 0.1) is 23.2 Å². The van der Waals surface area contributed by atoms with Crippen LogP contribution in [0.4, 0.5) is 4.79 Å². The summed E-state index contributed by atoms with van der Waals surface area (Å²) < 4.78 is 19.6. The lowest BCUT2D eigenvalue weighted by Gasteiger charge is -2.64. The number of rotatable bonds is 15. The minimum Gasteiger partial charge on any atom is -0.449 e. The number of benzene rings is 5. The summed E-state index contributed by atoms with van der Waals surface area (Å²) in [4.78, 5) is 43.2. The average molecular weight is 858 g/mol. The van der Waals surface area contributed by atoms with Crippen molar-refractivity contribution in [2.45, 2.75) is 102 Å². The zero-order valence-electron chi connectivity index (χ0n) is 37.6. The number of alkyl carbamates (subject to hydrolysis) is 1. The summed E-state index contributed by atoms with van der Waals surface area (Å²) in [5, 5.41) is 9.56. The first-order chi connectivity index (χ1) is 30.9. The highest BCUT2D eigenvalue weighted by Gasteiger charge is 2.68. The number of carbonyl (C=O) groups is 3. The van der Waals surface area contributed by atoms with E-state index in [2.05, 4.69) is 74.8 Å². The predicted molar refractivity (Wildman–Crippen MR) is 250 cm³/mol. The fourth-order valence-electron chi connectivity index (χ4n) is 11.5. The summed E-state index contributed by atoms with van der Waals surface area (Å²) in [7, 11) is -0.655. The van der Waals surface area contributed by atoms with Gasteiger partial charge in [0.2, 0.25) is 11.8 Å². The van der Waals surface area contributed by atoms with E-state index in [1.807, 2.05) is 115 Å². The lowest BCUT2D eigenvalue weighted by Crippen LogP contribution is -2.65. The van der Waals surface area contributed by atoms with Gasteiger partial charge in [0.1, 0.15) is 18.2 Å². The van der Waals surface area contributed by atoms with Gasteiger partial charge in [-0.25, -0.2) is 4.79 Å². The fraction of sp³-hybridized carbons (Fsp3) is 0.389. The van der Waals surface area contributed by atoms with Gasteiger partial charge in [0.25, 0.3) is 0 Å². The molecule has 2 bridgehead atoms. The number of hydrogen-bond acceptors (Lipinski definition) is 6. The minimum atomic E-state index is -1.11. The summed E-state index contributed by atoms with van der Waals surface area (Å²) in [6, 6.07) is 44.9. The van der Waals surface area contributed by atoms with Crippen LogP contribution in [0.25, 0.3) is 11.1 Å². The van der Waals surface area contributed by atoms with Crippen molar-refractivity contribution < 1.29 is 28.4 Å². The van der Waals surface area contributed by atoms with Gasteiger partial charge >= 0.3 is 13.2 Å². The van der Waals surface area contributed by atoms with Crippen molar-refractivity contribution in [2.75, 3.05) is 6.61 Å². The van der Waals surface area contributed by atoms with Crippen LogP contribution in [0.1, 0.15) is 100 Å². The van der Waals surface area contributed by atoms with Crippen LogP contribution in [-0.4, -0.2) is 55.3 Å². The first kappa shape index (κ1) is 43.5. The molecule has 3 amide bonds. The number of carbonyl (C=O) groups excluding carboxylic acids is 3. The van der Waals surface area contributed by atoms with Crippen molar-refractivity contribution in [3.63, 3.8) is 0 Å². The Labute approximate surface area is 378 Å². The average Bonchev–Trinajstić information content (AvgIpc) is 3.84. The van der Waals surface area contributed by atoms with Gasteiger partial charge in [-0.2, -0.15) is 0 Å². The fourth-order valence-corrected chi connectivity index (χ4v) is 11.5. The molecule has 9 nitrogen and oxygen atoms in total. The van der Waals surface area contributed by atoms with E-state index in [9.17, 15) is 14.4 Å². The SMILES string of the molecule is CC(C)C[C@H](NC(=O)[C@H](CCC(=O)NC(c1ccccc1)(c1ccccc1)c1ccccc1)NC(=O)OCC1c2ccccc2-c2ccccc21)B1O[C@@H]2C[C@@H]3C[C@@H](C3(C)C)[C@]2(C)O1. The maximum absolute atomic E-state index is 14.7. The van der Waals surface area contributed by atoms with Crippen LogP contribution in [0.5, 0.6) is 0 Å². The highest BCUT2D eigenvalue weighted by atomic mass is 16.7. The molecular formula is C54H60BN3O6. The van der Waals surface area contributed by atoms with Gasteiger partial charge in [-0.3, -0.25) is 9.59 Å². The first-order valence-electron chi connectivity index (χ1n) is 23.1. The van der Waals surface area contributed by atoms with Crippen LogP contribution >= 0.6 is 0 Å². The highest BCUT2D eigenvalue weighted by molar-refractivity contribution is 6.48. The largest absolute Gasteiger partial charge is 0.481 e. The zero-order chi connectivity index (χ0) is 44.6. The molecule has 4 fully saturated rings. The molecule has 1 aliphatic heterocycles. The molecule has 5 aromatic carbocycles. The van der Waals surface area contributed by atoms with E-state index in [4.69, 9.17) is 14.0 Å². The van der Waals surface area contributed by atoms with Crippen LogP contribution in [0.15, 0.2) is 140 Å². The van der Waals surface area contributed by atoms with E-state index in [-0.39, 0.29) is 48.7 Å². The number of ether oxygens (including phenoxy) is 1. The Hall–Kier alpha value is -5.71. The molecular weight excluding hydrogens is 797 g/mol. The molecule has 0 radical (unpaired) electrons. The Kier molecular flexibility index (Phi) is 12.0. The molecule has 4 aliphatic carbocycles. The molecule has 64 heavy (non-hydrogen) atoms. The van der Waals surface area contributed by atoms with E-state index in [1.165, 1.54) is 0 Å². The van der Waals surface area contributed by atoms with Crippen LogP contribution < -0.4 is 16.0 Å². The second-order valence-electron chi connectivity index (χ2n) is 19.5. The molecule has 3 N–H and O–H groups in total. The maximum Gasteiger partial charge on any atom is 0.481 e. The van der Waals surface area contributed by atoms with E-state index in [0.29, 0.717) is 18.3 Å². The molecule has 0 aromatic heterocycles. The van der Waals surface area contributed by atoms with Gasteiger partial charge in [0.15, 0.2) is 0 Å². The summed E-state index contributed by atoms with van der Waals surface area (Å²) in [5.74, 6) is -0.214. The molecule has 10 heteroatoms. The third-order valence-corrected chi connectivity index (χ3v) is 14.9. The predicted octanol–water partition coefficient (Wildman–Crippen LogP) is 9.58. The van der Waals surface area contributed by atoms with Crippen LogP contribution in [0.2, 0.25) is 0 Å². The smallest absolute Gasteiger partial charge is 0.449 e. The first-order valence-corrected chi connectivity index (χ1v) is 23.1. The van der Waals surface area contributed by atoms with E-state index >= 15 is 0 Å². The lowest BCUT2D eigenvalue weighted by atomic mass is 9.43. The Morgan fingerprint density at radius 3 is 1.80 bits per heavy atom. The van der Waals surface area contributed by atoms with Gasteiger partial charge in [-0.05, 0) is 94.7 Å². The second-order valence-corrected chi connectivity index (χ2v) is 19.5. The molecule has 0 unspecified atom stereocenters. The van der Waals surface area contributed by atoms with Crippen molar-refractivity contribution in [3.05, 3.63) is 167 Å². The molecule has 0 spiro atoms. The Bertz CT molecular complexity index is 2320. The van der Waals surface area contributed by atoms with E-state index in [1.54, 1.807) is 0 Å². The molecule has 330 valence electrons. The van der Waals surface area contributed by atoms with Crippen molar-refractivity contribution in [2.24, 2.45) is 23.2 Å². The topological polar surface area (TPSA) is 115 Å². The Morgan fingerprint density at radius 2 is 1.27 bits per heavy atom. The molecule has 5 aromatic rings. The van der Waals surface area contributed by atoms with E-state index < -0.39 is 42.2 Å². The van der Waals surface area contributed by atoms with E-state index in [0.717, 1.165) is 51.8 Å². The van der Waals surface area contributed by atoms with Crippen molar-refractivity contribution >= 4 is 25.0 Å². The molecule has 1 saturated heterocycles. The monoisotopic (exact) mass is 857 g/mol. The summed E-state index contributed by atoms with van der Waals surface area (Å²) in [5.41, 5.74) is 5.74. The minimum absolute atomic E-state index is 0.00930. The third-order valence-electron chi connectivity index (χ3n) is 14.9. The molecule has 5 aliphatic rings. The number of fused-ring (bicyclic) bond motifs is 3. The van der Waals surface area contributed by atoms with Gasteiger partial charge in [0.05, 0.1) is 17.6 Å². The van der Waals surface area contributed by atoms with Crippen molar-refractivity contribution in [1.82, 2.24) is 16.0 Å². The van der Waals surface area contributed by atoms with Gasteiger partial charge in [0, 0.05) is 12.3 Å². The summed E-state index contributed by atoms with van der Waals surface area (Å²) in [6.07, 6.45) is 1.79. The van der Waals surface area contributed by atoms with Crippen LogP contribution in [-0.2, 0) is 29.2 Å². The molecule has 6 atom stereocenters. The van der Waals surface area contributed by atoms with Crippen molar-refractivity contribution in [3.8, 4) is 11.1 Å². The summed E-state index contributed by atoms with van der Waals surface area (Å²) in [6.45, 7) is 11.1. The normalized spacial score (nSPS) is 22.6. The molecule has 3 saturated carbocycles. The lowest BCUT2D eigenvalue weighted by molar-refractivity contribution is -0.199. The number of amides is 3. The zero-order valence-corrected chi connectivity index (χ0v) is 37.6. The Morgan fingerprint density at radius 1 is 0.734 bits per heavy atom. The highest BCUT2D eigenvalue weighted by Crippen LogP contribution is 2.65. The maximum atomic E-state index is 14.7. The Balaban J connectivity index is 0.969. The standard InChI is InChI=1S/C54H60BN3O6/c1-35(2)31-48(55-63-47-33-39-32-46(52(39,3)4)53(47,5)64-55)57-50(60)45(56-51(61)62-34-44-42-27-17-15-25-40(42)41-26-16-18-28-43(41)44)29-30-49(59)58-54(36-19-9-6-10-20-36,37-21-11-7-12-22-37)38-23-13-8-14-24-38/h6-28,35,39,44-48H,29-34H2,1-5H3,(H,56,61)(H,57,60)(H,58,59)/t39-,45-,46-,47+,48-,53-/m0/s1. The van der Waals surface area contributed by atoms with Crippen LogP contribution in [0.3, 0.4) is 0 Å². The molecule has 1 heterocycles. The van der Waals surface area contributed by atoms with Gasteiger partial charge in [-0.1, -0.05) is 167 Å². The quantitative estimate of drug-likeness (QED) is 0.0714. The number of hydrogen-bond donors (Lipinski definition) is 3.